The summed E-state index contributed by atoms with van der Waals surface area (Å²) in [7, 11) is -3.97. The topological polar surface area (TPSA) is 44.8 Å². The Balaban J connectivity index is 0.00000261. The molecule has 0 aromatic heterocycles. The normalized spacial score (nSPS) is 10.6. The summed E-state index contributed by atoms with van der Waals surface area (Å²) in [6, 6.07) is 22.0. The zero-order chi connectivity index (χ0) is 18.6. The van der Waals surface area contributed by atoms with Crippen molar-refractivity contribution in [3.8, 4) is 17.2 Å². The van der Waals surface area contributed by atoms with Crippen LogP contribution in [-0.2, 0) is 4.57 Å². The summed E-state index contributed by atoms with van der Waals surface area (Å²) in [5.41, 5.74) is 2.53. The molecule has 3 aromatic carbocycles. The fourth-order valence-corrected chi connectivity index (χ4v) is 3.84. The minimum atomic E-state index is -3.97. The number of phosphoric acid groups is 1. The van der Waals surface area contributed by atoms with Crippen LogP contribution in [0.25, 0.3) is 0 Å². The molecular weight excluding hydrogens is 480 g/mol. The number of para-hydroxylation sites is 3. The SMILES string of the molecule is Cc1ccccc1OP(=O)(Oc1ccccc1C)Oc1ccccc1C.[CsH]. The van der Waals surface area contributed by atoms with Crippen LogP contribution in [0.4, 0.5) is 0 Å². The van der Waals surface area contributed by atoms with Crippen molar-refractivity contribution in [2.24, 2.45) is 0 Å². The van der Waals surface area contributed by atoms with Gasteiger partial charge in [-0.2, -0.15) is 4.57 Å². The third-order valence-electron chi connectivity index (χ3n) is 3.91. The monoisotopic (exact) mass is 502 g/mol. The third-order valence-corrected chi connectivity index (χ3v) is 5.17. The van der Waals surface area contributed by atoms with E-state index >= 15 is 0 Å². The molecule has 0 spiro atoms. The number of benzene rings is 3. The fraction of sp³-hybridized carbons (Fsp3) is 0.143. The quantitative estimate of drug-likeness (QED) is 0.412. The summed E-state index contributed by atoms with van der Waals surface area (Å²) in [4.78, 5) is 0. The molecule has 6 heteroatoms. The first-order valence-corrected chi connectivity index (χ1v) is 9.79. The van der Waals surface area contributed by atoms with Crippen molar-refractivity contribution in [2.45, 2.75) is 20.8 Å². The standard InChI is InChI=1S/C21H21O4P.Cs.H/c1-16-10-4-7-13-19(16)23-26(22,24-20-14-8-5-11-17(20)2)25-21-15-9-6-12-18(21)3;;/h4-15H,1-3H3;;. The molecule has 0 amide bonds. The van der Waals surface area contributed by atoms with Crippen LogP contribution in [-0.4, -0.2) is 68.9 Å². The molecule has 0 fully saturated rings. The van der Waals surface area contributed by atoms with Gasteiger partial charge in [-0.15, -0.1) is 0 Å². The second kappa shape index (κ2) is 10.2. The summed E-state index contributed by atoms with van der Waals surface area (Å²) in [5, 5.41) is 0. The summed E-state index contributed by atoms with van der Waals surface area (Å²) in [6.45, 7) is 5.63. The Morgan fingerprint density at radius 3 is 1.07 bits per heavy atom. The van der Waals surface area contributed by atoms with Gasteiger partial charge in [0.15, 0.2) is 0 Å². The Morgan fingerprint density at radius 2 is 0.815 bits per heavy atom. The van der Waals surface area contributed by atoms with Gasteiger partial charge in [0.1, 0.15) is 17.2 Å². The second-order valence-corrected chi connectivity index (χ2v) is 7.46. The fourth-order valence-electron chi connectivity index (χ4n) is 2.39. The van der Waals surface area contributed by atoms with Crippen LogP contribution in [0.1, 0.15) is 16.7 Å². The molecular formula is C21H22CsO4P. The van der Waals surface area contributed by atoms with Gasteiger partial charge in [0.05, 0.1) is 0 Å². The van der Waals surface area contributed by atoms with Crippen molar-refractivity contribution in [3.05, 3.63) is 89.5 Å². The molecule has 3 aromatic rings. The predicted molar refractivity (Wildman–Crippen MR) is 110 cm³/mol. The van der Waals surface area contributed by atoms with Gasteiger partial charge >= 0.3 is 76.7 Å². The van der Waals surface area contributed by atoms with E-state index in [4.69, 9.17) is 13.6 Å². The van der Waals surface area contributed by atoms with Crippen molar-refractivity contribution in [3.63, 3.8) is 0 Å². The van der Waals surface area contributed by atoms with Crippen LogP contribution in [0.2, 0.25) is 0 Å². The van der Waals surface area contributed by atoms with E-state index in [0.29, 0.717) is 17.2 Å². The van der Waals surface area contributed by atoms with Crippen molar-refractivity contribution in [2.75, 3.05) is 0 Å². The number of phosphoric ester groups is 1. The zero-order valence-corrected chi connectivity index (χ0v) is 15.9. The minimum absolute atomic E-state index is 0. The Labute approximate surface area is 219 Å². The van der Waals surface area contributed by atoms with Gasteiger partial charge < -0.3 is 13.6 Å². The molecule has 4 nitrogen and oxygen atoms in total. The molecule has 0 saturated heterocycles. The predicted octanol–water partition coefficient (Wildman–Crippen LogP) is 5.61. The molecule has 0 aliphatic carbocycles. The summed E-state index contributed by atoms with van der Waals surface area (Å²) in [5.74, 6) is 1.37. The molecule has 0 bridgehead atoms. The van der Waals surface area contributed by atoms with E-state index in [2.05, 4.69) is 0 Å². The molecule has 136 valence electrons. The van der Waals surface area contributed by atoms with E-state index in [1.54, 1.807) is 18.2 Å². The van der Waals surface area contributed by atoms with Crippen LogP contribution < -0.4 is 13.6 Å². The van der Waals surface area contributed by atoms with E-state index in [1.807, 2.05) is 75.4 Å². The van der Waals surface area contributed by atoms with Crippen LogP contribution in [0.5, 0.6) is 17.2 Å². The second-order valence-electron chi connectivity index (χ2n) is 6.02. The number of hydrogen-bond donors (Lipinski definition) is 0. The van der Waals surface area contributed by atoms with Crippen molar-refractivity contribution in [1.82, 2.24) is 0 Å². The van der Waals surface area contributed by atoms with Crippen LogP contribution in [0.3, 0.4) is 0 Å². The molecule has 27 heavy (non-hydrogen) atoms. The van der Waals surface area contributed by atoms with Gasteiger partial charge in [-0.1, -0.05) is 54.6 Å². The van der Waals surface area contributed by atoms with E-state index in [1.165, 1.54) is 0 Å². The van der Waals surface area contributed by atoms with Crippen LogP contribution >= 0.6 is 7.82 Å². The number of rotatable bonds is 6. The van der Waals surface area contributed by atoms with E-state index < -0.39 is 7.82 Å². The molecule has 0 atom stereocenters. The third kappa shape index (κ3) is 6.16. The van der Waals surface area contributed by atoms with Gasteiger partial charge in [0.2, 0.25) is 0 Å². The van der Waals surface area contributed by atoms with Crippen LogP contribution in [0, 0.1) is 20.8 Å². The molecule has 0 radical (unpaired) electrons. The van der Waals surface area contributed by atoms with Crippen molar-refractivity contribution in [1.29, 1.82) is 0 Å². The molecule has 0 heterocycles. The molecule has 0 aliphatic heterocycles. The molecule has 3 rings (SSSR count). The Kier molecular flexibility index (Phi) is 8.56. The Bertz CT molecular complexity index is 836. The van der Waals surface area contributed by atoms with E-state index in [9.17, 15) is 4.57 Å². The van der Waals surface area contributed by atoms with Gasteiger partial charge in [-0.05, 0) is 55.7 Å². The zero-order valence-electron chi connectivity index (χ0n) is 15.0. The average molecular weight is 502 g/mol. The van der Waals surface area contributed by atoms with Crippen molar-refractivity contribution < 1.29 is 18.1 Å². The first-order valence-electron chi connectivity index (χ1n) is 8.32. The van der Waals surface area contributed by atoms with E-state index in [0.717, 1.165) is 16.7 Å². The van der Waals surface area contributed by atoms with Gasteiger partial charge in [0, 0.05) is 0 Å². The van der Waals surface area contributed by atoms with E-state index in [-0.39, 0.29) is 68.9 Å². The summed E-state index contributed by atoms with van der Waals surface area (Å²) >= 11 is 0. The molecule has 0 unspecified atom stereocenters. The number of hydrogen-bond acceptors (Lipinski definition) is 4. The summed E-state index contributed by atoms with van der Waals surface area (Å²) in [6.07, 6.45) is 0. The van der Waals surface area contributed by atoms with Gasteiger partial charge in [0.25, 0.3) is 0 Å². The summed E-state index contributed by atoms with van der Waals surface area (Å²) < 4.78 is 30.8. The van der Waals surface area contributed by atoms with Crippen molar-refractivity contribution >= 4 is 76.7 Å². The van der Waals surface area contributed by atoms with Gasteiger partial charge in [-0.25, -0.2) is 0 Å². The molecule has 0 aliphatic rings. The first-order chi connectivity index (χ1) is 12.5. The Morgan fingerprint density at radius 1 is 0.556 bits per heavy atom. The first kappa shape index (κ1) is 22.6. The molecule has 0 saturated carbocycles. The van der Waals surface area contributed by atoms with Crippen LogP contribution in [0.15, 0.2) is 72.8 Å². The average Bonchev–Trinajstić information content (AvgIpc) is 2.61. The Hall–Kier alpha value is -0.658. The maximum atomic E-state index is 13.5. The number of aryl methyl sites for hydroxylation is 3. The van der Waals surface area contributed by atoms with Gasteiger partial charge in [-0.3, -0.25) is 0 Å². The maximum absolute atomic E-state index is 13.5. The molecule has 0 N–H and O–H groups in total.